The van der Waals surface area contributed by atoms with Crippen LogP contribution in [0.3, 0.4) is 0 Å². The average Bonchev–Trinajstić information content (AvgIpc) is 2.77. The quantitative estimate of drug-likeness (QED) is 0.808. The van der Waals surface area contributed by atoms with Crippen molar-refractivity contribution in [2.45, 2.75) is 23.9 Å². The molecule has 1 atom stereocenters. The van der Waals surface area contributed by atoms with E-state index in [1.54, 1.807) is 24.3 Å². The molecule has 0 unspecified atom stereocenters. The Morgan fingerprint density at radius 3 is 2.43 bits per heavy atom. The van der Waals surface area contributed by atoms with Crippen molar-refractivity contribution >= 4 is 16.0 Å². The molecule has 0 saturated carbocycles. The van der Waals surface area contributed by atoms with Crippen LogP contribution in [0.5, 0.6) is 0 Å². The minimum atomic E-state index is -3.62. The summed E-state index contributed by atoms with van der Waals surface area (Å²) in [6, 6.07) is 15.6. The normalized spacial score (nSPS) is 19.3. The zero-order valence-electron chi connectivity index (χ0n) is 12.7. The van der Waals surface area contributed by atoms with E-state index in [1.165, 1.54) is 11.4 Å². The first kappa shape index (κ1) is 15.7. The van der Waals surface area contributed by atoms with E-state index >= 15 is 0 Å². The molecular weight excluding hydrogens is 314 g/mol. The summed E-state index contributed by atoms with van der Waals surface area (Å²) in [6.45, 7) is 0.222. The van der Waals surface area contributed by atoms with E-state index in [0.717, 1.165) is 5.56 Å². The van der Waals surface area contributed by atoms with Crippen LogP contribution in [0.1, 0.15) is 23.6 Å². The molecule has 5 nitrogen and oxygen atoms in total. The van der Waals surface area contributed by atoms with Crippen LogP contribution < -0.4 is 0 Å². The van der Waals surface area contributed by atoms with Gasteiger partial charge in [0.25, 0.3) is 0 Å². The number of nitrogens with zero attached hydrogens (tertiary/aromatic N) is 1. The van der Waals surface area contributed by atoms with Gasteiger partial charge in [-0.15, -0.1) is 0 Å². The highest BCUT2D eigenvalue weighted by Gasteiger charge is 2.43. The van der Waals surface area contributed by atoms with Crippen LogP contribution in [0, 0.1) is 0 Å². The van der Waals surface area contributed by atoms with Crippen molar-refractivity contribution in [3.63, 3.8) is 0 Å². The van der Waals surface area contributed by atoms with Gasteiger partial charge in [0.15, 0.2) is 0 Å². The molecule has 1 heterocycles. The van der Waals surface area contributed by atoms with E-state index < -0.39 is 22.0 Å². The van der Waals surface area contributed by atoms with Crippen LogP contribution in [0.2, 0.25) is 0 Å². The van der Waals surface area contributed by atoms with E-state index in [-0.39, 0.29) is 17.9 Å². The summed E-state index contributed by atoms with van der Waals surface area (Å²) < 4.78 is 31.8. The molecule has 1 aliphatic rings. The molecule has 1 aliphatic heterocycles. The van der Waals surface area contributed by atoms with Crippen LogP contribution in [-0.4, -0.2) is 25.8 Å². The highest BCUT2D eigenvalue weighted by molar-refractivity contribution is 7.89. The highest BCUT2D eigenvalue weighted by atomic mass is 32.2. The fourth-order valence-corrected chi connectivity index (χ4v) is 4.70. The summed E-state index contributed by atoms with van der Waals surface area (Å²) in [6.07, 6.45) is -0.000420. The fraction of sp³-hybridized carbons (Fsp3) is 0.235. The zero-order chi connectivity index (χ0) is 16.4. The Balaban J connectivity index is 2.03. The third kappa shape index (κ3) is 2.87. The van der Waals surface area contributed by atoms with Gasteiger partial charge in [-0.3, -0.25) is 4.79 Å². The first-order valence-corrected chi connectivity index (χ1v) is 8.69. The third-order valence-electron chi connectivity index (χ3n) is 3.98. The summed E-state index contributed by atoms with van der Waals surface area (Å²) in [5.41, 5.74) is 1.52. The number of hydrogen-bond donors (Lipinski definition) is 0. The minimum absolute atomic E-state index is 0.000420. The van der Waals surface area contributed by atoms with Gasteiger partial charge in [0, 0.05) is 6.54 Å². The van der Waals surface area contributed by atoms with Gasteiger partial charge < -0.3 is 4.74 Å². The van der Waals surface area contributed by atoms with Gasteiger partial charge in [-0.1, -0.05) is 48.5 Å². The first-order valence-electron chi connectivity index (χ1n) is 7.25. The number of hydrogen-bond acceptors (Lipinski definition) is 4. The van der Waals surface area contributed by atoms with Gasteiger partial charge in [0.1, 0.15) is 0 Å². The van der Waals surface area contributed by atoms with E-state index in [9.17, 15) is 13.2 Å². The van der Waals surface area contributed by atoms with E-state index in [0.29, 0.717) is 5.56 Å². The van der Waals surface area contributed by atoms with Crippen molar-refractivity contribution in [1.29, 1.82) is 0 Å². The number of rotatable bonds is 4. The molecule has 6 heteroatoms. The second kappa shape index (κ2) is 6.14. The van der Waals surface area contributed by atoms with Crippen molar-refractivity contribution in [3.05, 3.63) is 65.7 Å². The number of ether oxygens (including phenoxy) is 1. The number of benzene rings is 2. The second-order valence-electron chi connectivity index (χ2n) is 5.37. The van der Waals surface area contributed by atoms with Crippen LogP contribution >= 0.6 is 0 Å². The fourth-order valence-electron chi connectivity index (χ4n) is 2.85. The Morgan fingerprint density at radius 1 is 1.09 bits per heavy atom. The minimum Gasteiger partial charge on any atom is -0.469 e. The maximum absolute atomic E-state index is 12.8. The monoisotopic (exact) mass is 331 g/mol. The van der Waals surface area contributed by atoms with E-state index in [2.05, 4.69) is 0 Å². The van der Waals surface area contributed by atoms with E-state index in [1.807, 2.05) is 30.3 Å². The van der Waals surface area contributed by atoms with Crippen LogP contribution in [0.15, 0.2) is 59.5 Å². The Morgan fingerprint density at radius 2 is 1.74 bits per heavy atom. The molecule has 0 aromatic heterocycles. The lowest BCUT2D eigenvalue weighted by atomic mass is 10.0. The number of esters is 1. The van der Waals surface area contributed by atoms with Crippen molar-refractivity contribution < 1.29 is 17.9 Å². The van der Waals surface area contributed by atoms with Crippen LogP contribution in [0.25, 0.3) is 0 Å². The van der Waals surface area contributed by atoms with Crippen LogP contribution in [0.4, 0.5) is 0 Å². The standard InChI is InChI=1S/C17H17NO4S/c1-22-17(19)11-15-14-9-5-6-10-16(14)23(20,21)18(15)12-13-7-3-2-4-8-13/h2-10,15H,11-12H2,1H3/t15-/m0/s1. The lowest BCUT2D eigenvalue weighted by molar-refractivity contribution is -0.141. The first-order chi connectivity index (χ1) is 11.0. The zero-order valence-corrected chi connectivity index (χ0v) is 13.5. The van der Waals surface area contributed by atoms with Gasteiger partial charge in [-0.05, 0) is 17.2 Å². The number of carbonyl (C=O) groups is 1. The molecule has 0 spiro atoms. The Labute approximate surface area is 135 Å². The second-order valence-corrected chi connectivity index (χ2v) is 7.23. The topological polar surface area (TPSA) is 63.7 Å². The van der Waals surface area contributed by atoms with Gasteiger partial charge in [0.2, 0.25) is 10.0 Å². The molecule has 0 N–H and O–H groups in total. The van der Waals surface area contributed by atoms with Crippen molar-refractivity contribution in [3.8, 4) is 0 Å². The van der Waals surface area contributed by atoms with Crippen molar-refractivity contribution in [1.82, 2.24) is 4.31 Å². The Bertz CT molecular complexity index is 817. The Hall–Kier alpha value is -2.18. The molecule has 0 saturated heterocycles. The van der Waals surface area contributed by atoms with E-state index in [4.69, 9.17) is 4.74 Å². The predicted octanol–water partition coefficient (Wildman–Crippen LogP) is 2.50. The molecule has 0 radical (unpaired) electrons. The van der Waals surface area contributed by atoms with Gasteiger partial charge in [-0.2, -0.15) is 4.31 Å². The maximum Gasteiger partial charge on any atom is 0.307 e. The van der Waals surface area contributed by atoms with Crippen molar-refractivity contribution in [2.75, 3.05) is 7.11 Å². The smallest absolute Gasteiger partial charge is 0.307 e. The molecule has 0 bridgehead atoms. The van der Waals surface area contributed by atoms with Crippen molar-refractivity contribution in [2.24, 2.45) is 0 Å². The predicted molar refractivity (Wildman–Crippen MR) is 85.0 cm³/mol. The molecule has 2 aromatic carbocycles. The Kier molecular flexibility index (Phi) is 4.19. The number of fused-ring (bicyclic) bond motifs is 1. The molecule has 0 aliphatic carbocycles. The number of carbonyl (C=O) groups excluding carboxylic acids is 1. The molecule has 120 valence electrons. The molecule has 0 fully saturated rings. The summed E-state index contributed by atoms with van der Waals surface area (Å²) in [7, 11) is -2.32. The number of methoxy groups -OCH3 is 1. The van der Waals surface area contributed by atoms with Gasteiger partial charge >= 0.3 is 5.97 Å². The third-order valence-corrected chi connectivity index (χ3v) is 5.91. The molecule has 23 heavy (non-hydrogen) atoms. The summed E-state index contributed by atoms with van der Waals surface area (Å²) in [4.78, 5) is 12.0. The highest BCUT2D eigenvalue weighted by Crippen LogP contribution is 2.42. The lowest BCUT2D eigenvalue weighted by Gasteiger charge is -2.22. The van der Waals surface area contributed by atoms with Gasteiger partial charge in [-0.25, -0.2) is 8.42 Å². The van der Waals surface area contributed by atoms with Crippen LogP contribution in [-0.2, 0) is 26.1 Å². The largest absolute Gasteiger partial charge is 0.469 e. The SMILES string of the molecule is COC(=O)C[C@H]1c2ccccc2S(=O)(=O)N1Cc1ccccc1. The molecular formula is C17H17NO4S. The molecule has 3 rings (SSSR count). The maximum atomic E-state index is 12.8. The molecule has 0 amide bonds. The average molecular weight is 331 g/mol. The summed E-state index contributed by atoms with van der Waals surface area (Å²) >= 11 is 0. The molecule has 2 aromatic rings. The summed E-state index contributed by atoms with van der Waals surface area (Å²) in [5.74, 6) is -0.431. The van der Waals surface area contributed by atoms with Gasteiger partial charge in [0.05, 0.1) is 24.5 Å². The summed E-state index contributed by atoms with van der Waals surface area (Å²) in [5, 5.41) is 0. The number of sulfonamides is 1. The lowest BCUT2D eigenvalue weighted by Crippen LogP contribution is -2.29.